The summed E-state index contributed by atoms with van der Waals surface area (Å²) in [5, 5.41) is 0. The molecule has 0 unspecified atom stereocenters. The third kappa shape index (κ3) is 7.21. The number of carbonyl (C=O) groups excluding carboxylic acids is 1. The Balaban J connectivity index is 4.41. The molecule has 0 aliphatic heterocycles. The second-order valence-electron chi connectivity index (χ2n) is 7.37. The lowest BCUT2D eigenvalue weighted by Crippen LogP contribution is -2.47. The van der Waals surface area contributed by atoms with Gasteiger partial charge in [-0.05, 0) is 35.9 Å². The van der Waals surface area contributed by atoms with E-state index in [9.17, 15) is 4.79 Å². The Bertz CT molecular complexity index is 340. The first-order valence-corrected chi connectivity index (χ1v) is 11.3. The van der Waals surface area contributed by atoms with E-state index < -0.39 is 8.32 Å². The number of hydrogen-bond donors (Lipinski definition) is 0. The summed E-state index contributed by atoms with van der Waals surface area (Å²) in [5.41, 5.74) is 1.86. The number of carbonyl (C=O) groups is 1. The molecule has 0 N–H and O–H groups in total. The zero-order chi connectivity index (χ0) is 18.0. The van der Waals surface area contributed by atoms with Gasteiger partial charge in [-0.25, -0.2) is 0 Å². The monoisotopic (exact) mass is 342 g/mol. The highest BCUT2D eigenvalue weighted by Gasteiger charge is 2.44. The molecule has 0 aliphatic carbocycles. The van der Waals surface area contributed by atoms with Crippen molar-refractivity contribution in [1.82, 2.24) is 0 Å². The van der Waals surface area contributed by atoms with Crippen LogP contribution in [0.4, 0.5) is 0 Å². The van der Waals surface area contributed by atoms with E-state index in [2.05, 4.69) is 53.7 Å². The van der Waals surface area contributed by atoms with Gasteiger partial charge in [-0.2, -0.15) is 0 Å². The van der Waals surface area contributed by atoms with E-state index in [1.165, 1.54) is 0 Å². The Morgan fingerprint density at radius 1 is 1.00 bits per heavy atom. The van der Waals surface area contributed by atoms with E-state index in [1.54, 1.807) is 0 Å². The molecule has 0 aliphatic rings. The number of esters is 1. The summed E-state index contributed by atoms with van der Waals surface area (Å²) in [7, 11) is -1.75. The van der Waals surface area contributed by atoms with E-state index >= 15 is 0 Å². The lowest BCUT2D eigenvalue weighted by atomic mass is 10.1. The quantitative estimate of drug-likeness (QED) is 0.209. The molecule has 0 saturated heterocycles. The van der Waals surface area contributed by atoms with Crippen LogP contribution in [0, 0.1) is 5.92 Å². The average Bonchev–Trinajstić information content (AvgIpc) is 2.41. The van der Waals surface area contributed by atoms with Crippen molar-refractivity contribution in [3.05, 3.63) is 12.2 Å². The topological polar surface area (TPSA) is 35.5 Å². The highest BCUT2D eigenvalue weighted by molar-refractivity contribution is 6.77. The standard InChI is InChI=1S/C19H38O3Si/c1-9-21-19(20)14-18(8)12-10-11-13-22-23(15(2)3,16(4)5)17(6)7/h10,12,15-18H,9,11,13-14H2,1-8H3/b12-10+/t18-/m1/s1. The van der Waals surface area contributed by atoms with Crippen molar-refractivity contribution in [3.8, 4) is 0 Å². The van der Waals surface area contributed by atoms with Crippen molar-refractivity contribution in [2.24, 2.45) is 5.92 Å². The summed E-state index contributed by atoms with van der Waals surface area (Å²) in [6, 6.07) is 0. The zero-order valence-electron chi connectivity index (χ0n) is 16.5. The zero-order valence-corrected chi connectivity index (χ0v) is 17.5. The third-order valence-corrected chi connectivity index (χ3v) is 10.7. The molecule has 0 aromatic rings. The molecule has 0 heterocycles. The first kappa shape index (κ1) is 22.4. The molecule has 0 fully saturated rings. The van der Waals surface area contributed by atoms with Crippen LogP contribution < -0.4 is 0 Å². The Morgan fingerprint density at radius 3 is 1.96 bits per heavy atom. The van der Waals surface area contributed by atoms with E-state index in [4.69, 9.17) is 9.16 Å². The van der Waals surface area contributed by atoms with Crippen LogP contribution in [0.5, 0.6) is 0 Å². The van der Waals surface area contributed by atoms with Crippen molar-refractivity contribution in [2.45, 2.75) is 84.9 Å². The molecule has 23 heavy (non-hydrogen) atoms. The van der Waals surface area contributed by atoms with Gasteiger partial charge in [0.1, 0.15) is 0 Å². The molecular weight excluding hydrogens is 304 g/mol. The second kappa shape index (κ2) is 11.0. The summed E-state index contributed by atoms with van der Waals surface area (Å²) < 4.78 is 11.5. The second-order valence-corrected chi connectivity index (χ2v) is 12.8. The minimum Gasteiger partial charge on any atom is -0.466 e. The molecule has 4 heteroatoms. The van der Waals surface area contributed by atoms with Gasteiger partial charge in [0.25, 0.3) is 0 Å². The smallest absolute Gasteiger partial charge is 0.306 e. The van der Waals surface area contributed by atoms with Crippen LogP contribution in [0.3, 0.4) is 0 Å². The van der Waals surface area contributed by atoms with Crippen molar-refractivity contribution >= 4 is 14.3 Å². The first-order chi connectivity index (χ1) is 10.7. The maximum absolute atomic E-state index is 11.4. The molecule has 0 radical (unpaired) electrons. The van der Waals surface area contributed by atoms with Gasteiger partial charge < -0.3 is 9.16 Å². The summed E-state index contributed by atoms with van der Waals surface area (Å²) in [4.78, 5) is 11.4. The van der Waals surface area contributed by atoms with E-state index in [0.717, 1.165) is 13.0 Å². The van der Waals surface area contributed by atoms with Gasteiger partial charge in [-0.3, -0.25) is 4.79 Å². The van der Waals surface area contributed by atoms with Crippen LogP contribution in [-0.2, 0) is 14.0 Å². The van der Waals surface area contributed by atoms with Gasteiger partial charge in [0, 0.05) is 6.61 Å². The SMILES string of the molecule is CCOC(=O)C[C@H](C)/C=C/CCO[Si](C(C)C)(C(C)C)C(C)C. The minimum absolute atomic E-state index is 0.119. The largest absolute Gasteiger partial charge is 0.466 e. The molecule has 0 saturated carbocycles. The molecule has 0 rings (SSSR count). The van der Waals surface area contributed by atoms with Crippen LogP contribution in [0.1, 0.15) is 68.2 Å². The molecular formula is C19H38O3Si. The summed E-state index contributed by atoms with van der Waals surface area (Å²) in [6.07, 6.45) is 5.61. The third-order valence-electron chi connectivity index (χ3n) is 4.60. The molecule has 0 spiro atoms. The summed E-state index contributed by atoms with van der Waals surface area (Å²) in [5.74, 6) is 0.100. The molecule has 0 bridgehead atoms. The average molecular weight is 343 g/mol. The van der Waals surface area contributed by atoms with Crippen molar-refractivity contribution in [1.29, 1.82) is 0 Å². The van der Waals surface area contributed by atoms with Crippen molar-refractivity contribution in [3.63, 3.8) is 0 Å². The fourth-order valence-corrected chi connectivity index (χ4v) is 9.15. The fourth-order valence-electron chi connectivity index (χ4n) is 3.68. The Labute approximate surface area is 145 Å². The minimum atomic E-state index is -1.75. The van der Waals surface area contributed by atoms with Gasteiger partial charge in [0.05, 0.1) is 13.0 Å². The van der Waals surface area contributed by atoms with Crippen LogP contribution in [0.25, 0.3) is 0 Å². The fraction of sp³-hybridized carbons (Fsp3) is 0.842. The molecule has 3 nitrogen and oxygen atoms in total. The van der Waals surface area contributed by atoms with Crippen LogP contribution in [0.2, 0.25) is 16.6 Å². The molecule has 136 valence electrons. The number of allylic oxidation sites excluding steroid dienone is 1. The van der Waals surface area contributed by atoms with Crippen LogP contribution >= 0.6 is 0 Å². The maximum atomic E-state index is 11.4. The lowest BCUT2D eigenvalue weighted by molar-refractivity contribution is -0.143. The van der Waals surface area contributed by atoms with Gasteiger partial charge >= 0.3 is 5.97 Å². The summed E-state index contributed by atoms with van der Waals surface area (Å²) >= 11 is 0. The Kier molecular flexibility index (Phi) is 10.7. The van der Waals surface area contributed by atoms with Gasteiger partial charge in [-0.1, -0.05) is 60.6 Å². The van der Waals surface area contributed by atoms with Gasteiger partial charge in [0.15, 0.2) is 8.32 Å². The van der Waals surface area contributed by atoms with E-state index in [1.807, 2.05) is 13.8 Å². The predicted molar refractivity (Wildman–Crippen MR) is 101 cm³/mol. The molecule has 0 aromatic carbocycles. The number of ether oxygens (including phenoxy) is 1. The molecule has 0 amide bonds. The van der Waals surface area contributed by atoms with E-state index in [0.29, 0.717) is 29.7 Å². The highest BCUT2D eigenvalue weighted by atomic mass is 28.4. The molecule has 1 atom stereocenters. The molecule has 0 aromatic heterocycles. The highest BCUT2D eigenvalue weighted by Crippen LogP contribution is 2.42. The first-order valence-electron chi connectivity index (χ1n) is 9.14. The summed E-state index contributed by atoms with van der Waals surface area (Å²) in [6.45, 7) is 19.0. The van der Waals surface area contributed by atoms with Crippen molar-refractivity contribution < 1.29 is 14.0 Å². The Hall–Kier alpha value is -0.613. The van der Waals surface area contributed by atoms with Crippen LogP contribution in [0.15, 0.2) is 12.2 Å². The van der Waals surface area contributed by atoms with Gasteiger partial charge in [-0.15, -0.1) is 0 Å². The van der Waals surface area contributed by atoms with Crippen LogP contribution in [-0.4, -0.2) is 27.5 Å². The number of hydrogen-bond acceptors (Lipinski definition) is 3. The number of rotatable bonds is 11. The van der Waals surface area contributed by atoms with Gasteiger partial charge in [0.2, 0.25) is 0 Å². The van der Waals surface area contributed by atoms with Crippen molar-refractivity contribution in [2.75, 3.05) is 13.2 Å². The Morgan fingerprint density at radius 2 is 1.52 bits per heavy atom. The lowest BCUT2D eigenvalue weighted by Gasteiger charge is -2.42. The normalized spacial score (nSPS) is 14.2. The predicted octanol–water partition coefficient (Wildman–Crippen LogP) is 5.71. The van der Waals surface area contributed by atoms with E-state index in [-0.39, 0.29) is 11.9 Å². The maximum Gasteiger partial charge on any atom is 0.306 e.